The number of thiophene rings is 1. The molecule has 0 saturated heterocycles. The average Bonchev–Trinajstić information content (AvgIpc) is 3.20. The van der Waals surface area contributed by atoms with E-state index in [0.717, 1.165) is 17.5 Å². The van der Waals surface area contributed by atoms with E-state index in [1.54, 1.807) is 31.2 Å². The highest BCUT2D eigenvalue weighted by Gasteiger charge is 2.20. The van der Waals surface area contributed by atoms with Gasteiger partial charge < -0.3 is 5.32 Å². The minimum absolute atomic E-state index is 0.227. The summed E-state index contributed by atoms with van der Waals surface area (Å²) >= 11 is 7.32. The average molecular weight is 438 g/mol. The summed E-state index contributed by atoms with van der Waals surface area (Å²) in [5.41, 5.74) is 3.43. The molecule has 0 saturated carbocycles. The second kappa shape index (κ2) is 8.42. The van der Waals surface area contributed by atoms with Crippen molar-refractivity contribution < 1.29 is 4.79 Å². The van der Waals surface area contributed by atoms with E-state index in [2.05, 4.69) is 29.4 Å². The van der Waals surface area contributed by atoms with Crippen molar-refractivity contribution in [1.82, 2.24) is 9.55 Å². The van der Waals surface area contributed by atoms with Crippen molar-refractivity contribution in [3.05, 3.63) is 81.2 Å². The first-order valence-electron chi connectivity index (χ1n) is 9.62. The molecule has 0 aliphatic carbocycles. The van der Waals surface area contributed by atoms with E-state index < -0.39 is 6.04 Å². The molecule has 4 rings (SSSR count). The van der Waals surface area contributed by atoms with E-state index in [4.69, 9.17) is 11.6 Å². The lowest BCUT2D eigenvalue weighted by Gasteiger charge is -2.15. The van der Waals surface area contributed by atoms with Gasteiger partial charge in [0.2, 0.25) is 5.91 Å². The minimum Gasteiger partial charge on any atom is -0.324 e. The van der Waals surface area contributed by atoms with Gasteiger partial charge in [-0.3, -0.25) is 14.2 Å². The molecule has 1 unspecified atom stereocenters. The zero-order chi connectivity index (χ0) is 21.3. The number of rotatable bonds is 5. The van der Waals surface area contributed by atoms with E-state index in [-0.39, 0.29) is 11.5 Å². The van der Waals surface area contributed by atoms with Crippen LogP contribution in [0.1, 0.15) is 25.5 Å². The fourth-order valence-electron chi connectivity index (χ4n) is 3.26. The van der Waals surface area contributed by atoms with Crippen LogP contribution in [0.15, 0.2) is 65.0 Å². The van der Waals surface area contributed by atoms with Gasteiger partial charge in [0, 0.05) is 21.7 Å². The molecule has 1 N–H and O–H groups in total. The van der Waals surface area contributed by atoms with Crippen LogP contribution in [-0.4, -0.2) is 15.5 Å². The van der Waals surface area contributed by atoms with Gasteiger partial charge >= 0.3 is 0 Å². The Kier molecular flexibility index (Phi) is 5.70. The molecule has 0 spiro atoms. The Morgan fingerprint density at radius 2 is 1.87 bits per heavy atom. The lowest BCUT2D eigenvalue weighted by atomic mass is 10.0. The molecule has 0 fully saturated rings. The zero-order valence-corrected chi connectivity index (χ0v) is 18.1. The van der Waals surface area contributed by atoms with E-state index in [0.29, 0.717) is 20.9 Å². The molecule has 0 bridgehead atoms. The topological polar surface area (TPSA) is 64.0 Å². The maximum Gasteiger partial charge on any atom is 0.263 e. The highest BCUT2D eigenvalue weighted by molar-refractivity contribution is 7.17. The van der Waals surface area contributed by atoms with Crippen molar-refractivity contribution in [3.8, 4) is 11.1 Å². The third kappa shape index (κ3) is 3.88. The third-order valence-corrected chi connectivity index (χ3v) is 6.24. The Labute approximate surface area is 183 Å². The van der Waals surface area contributed by atoms with Crippen molar-refractivity contribution in [2.45, 2.75) is 26.3 Å². The summed E-state index contributed by atoms with van der Waals surface area (Å²) < 4.78 is 1.38. The summed E-state index contributed by atoms with van der Waals surface area (Å²) in [6.07, 6.45) is 2.40. The molecule has 30 heavy (non-hydrogen) atoms. The fourth-order valence-corrected chi connectivity index (χ4v) is 4.29. The SMILES string of the molecule is CCc1ccc(-c2csc3ncn(C(C)C(=O)Nc4ccc(Cl)cc4)c(=O)c23)cc1. The number of amides is 1. The van der Waals surface area contributed by atoms with Crippen LogP contribution in [0.2, 0.25) is 5.02 Å². The summed E-state index contributed by atoms with van der Waals surface area (Å²) in [5.74, 6) is -0.301. The molecule has 7 heteroatoms. The molecule has 5 nitrogen and oxygen atoms in total. The van der Waals surface area contributed by atoms with Crippen LogP contribution in [0.3, 0.4) is 0 Å². The molecule has 1 atom stereocenters. The molecule has 2 aromatic carbocycles. The van der Waals surface area contributed by atoms with Gasteiger partial charge in [0.1, 0.15) is 10.9 Å². The lowest BCUT2D eigenvalue weighted by molar-refractivity contribution is -0.118. The van der Waals surface area contributed by atoms with Gasteiger partial charge in [0.15, 0.2) is 0 Å². The van der Waals surface area contributed by atoms with Gasteiger partial charge in [-0.2, -0.15) is 0 Å². The van der Waals surface area contributed by atoms with Gasteiger partial charge in [0.05, 0.1) is 11.7 Å². The van der Waals surface area contributed by atoms with Crippen LogP contribution >= 0.6 is 22.9 Å². The number of carbonyl (C=O) groups is 1. The summed E-state index contributed by atoms with van der Waals surface area (Å²) in [6.45, 7) is 3.79. The highest BCUT2D eigenvalue weighted by Crippen LogP contribution is 2.31. The Morgan fingerprint density at radius 1 is 1.17 bits per heavy atom. The van der Waals surface area contributed by atoms with Crippen molar-refractivity contribution in [2.24, 2.45) is 0 Å². The van der Waals surface area contributed by atoms with Crippen LogP contribution in [0, 0.1) is 0 Å². The van der Waals surface area contributed by atoms with Gasteiger partial charge in [-0.1, -0.05) is 42.8 Å². The van der Waals surface area contributed by atoms with Crippen LogP contribution in [-0.2, 0) is 11.2 Å². The number of nitrogens with one attached hydrogen (secondary N) is 1. The molecule has 152 valence electrons. The highest BCUT2D eigenvalue weighted by atomic mass is 35.5. The first-order valence-corrected chi connectivity index (χ1v) is 10.9. The quantitative estimate of drug-likeness (QED) is 0.445. The third-order valence-electron chi connectivity index (χ3n) is 5.10. The first-order chi connectivity index (χ1) is 14.5. The van der Waals surface area contributed by atoms with E-state index >= 15 is 0 Å². The minimum atomic E-state index is -0.722. The van der Waals surface area contributed by atoms with Gasteiger partial charge in [0.25, 0.3) is 5.56 Å². The van der Waals surface area contributed by atoms with E-state index in [1.165, 1.54) is 27.8 Å². The van der Waals surface area contributed by atoms with Crippen LogP contribution in [0.4, 0.5) is 5.69 Å². The van der Waals surface area contributed by atoms with Crippen LogP contribution in [0.25, 0.3) is 21.3 Å². The van der Waals surface area contributed by atoms with Crippen molar-refractivity contribution >= 4 is 44.7 Å². The Bertz CT molecular complexity index is 1260. The van der Waals surface area contributed by atoms with Crippen LogP contribution in [0.5, 0.6) is 0 Å². The predicted octanol–water partition coefficient (Wildman–Crippen LogP) is 5.54. The van der Waals surface area contributed by atoms with Crippen molar-refractivity contribution in [1.29, 1.82) is 0 Å². The standard InChI is InChI=1S/C23H20ClN3O2S/c1-3-15-4-6-16(7-5-15)19-12-30-22-20(19)23(29)27(13-25-22)14(2)21(28)26-18-10-8-17(24)9-11-18/h4-14H,3H2,1-2H3,(H,26,28). The number of benzene rings is 2. The molecule has 0 aliphatic heterocycles. The van der Waals surface area contributed by atoms with Crippen LogP contribution < -0.4 is 10.9 Å². The monoisotopic (exact) mass is 437 g/mol. The maximum absolute atomic E-state index is 13.3. The number of halogens is 1. The number of nitrogens with zero attached hydrogens (tertiary/aromatic N) is 2. The van der Waals surface area contributed by atoms with Gasteiger partial charge in [-0.15, -0.1) is 11.3 Å². The number of carbonyl (C=O) groups excluding carboxylic acids is 1. The van der Waals surface area contributed by atoms with E-state index in [9.17, 15) is 9.59 Å². The predicted molar refractivity (Wildman–Crippen MR) is 123 cm³/mol. The number of hydrogen-bond acceptors (Lipinski definition) is 4. The lowest BCUT2D eigenvalue weighted by Crippen LogP contribution is -2.31. The summed E-state index contributed by atoms with van der Waals surface area (Å²) in [6, 6.07) is 14.3. The normalized spacial score (nSPS) is 12.1. The fraction of sp³-hybridized carbons (Fsp3) is 0.174. The number of aromatic nitrogens is 2. The molecule has 4 aromatic rings. The Hall–Kier alpha value is -2.96. The first kappa shape index (κ1) is 20.3. The largest absolute Gasteiger partial charge is 0.324 e. The number of anilines is 1. The number of hydrogen-bond donors (Lipinski definition) is 1. The molecule has 2 aromatic heterocycles. The Morgan fingerprint density at radius 3 is 2.53 bits per heavy atom. The molecular formula is C23H20ClN3O2S. The second-order valence-electron chi connectivity index (χ2n) is 7.01. The maximum atomic E-state index is 13.3. The molecule has 2 heterocycles. The molecule has 0 radical (unpaired) electrons. The van der Waals surface area contributed by atoms with E-state index in [1.807, 2.05) is 17.5 Å². The van der Waals surface area contributed by atoms with Crippen molar-refractivity contribution in [3.63, 3.8) is 0 Å². The second-order valence-corrected chi connectivity index (χ2v) is 8.30. The number of fused-ring (bicyclic) bond motifs is 1. The summed E-state index contributed by atoms with van der Waals surface area (Å²) in [5, 5.41) is 5.89. The summed E-state index contributed by atoms with van der Waals surface area (Å²) in [7, 11) is 0. The Balaban J connectivity index is 1.69. The smallest absolute Gasteiger partial charge is 0.263 e. The molecule has 1 amide bonds. The summed E-state index contributed by atoms with van der Waals surface area (Å²) in [4.78, 5) is 31.1. The zero-order valence-electron chi connectivity index (χ0n) is 16.6. The molecule has 0 aliphatic rings. The van der Waals surface area contributed by atoms with Gasteiger partial charge in [-0.25, -0.2) is 4.98 Å². The number of aryl methyl sites for hydroxylation is 1. The van der Waals surface area contributed by atoms with Gasteiger partial charge in [-0.05, 0) is 48.7 Å². The van der Waals surface area contributed by atoms with Crippen molar-refractivity contribution in [2.75, 3.05) is 5.32 Å². The molecular weight excluding hydrogens is 418 g/mol.